The van der Waals surface area contributed by atoms with E-state index in [-0.39, 0.29) is 11.7 Å². The van der Waals surface area contributed by atoms with Crippen molar-refractivity contribution in [2.45, 2.75) is 0 Å². The number of pyridine rings is 1. The smallest absolute Gasteiger partial charge is 0.257 e. The summed E-state index contributed by atoms with van der Waals surface area (Å²) in [5.74, 6) is 1.59. The number of thioether (sulfide) groups is 1. The van der Waals surface area contributed by atoms with E-state index >= 15 is 0 Å². The van der Waals surface area contributed by atoms with Gasteiger partial charge in [-0.15, -0.1) is 0 Å². The zero-order valence-corrected chi connectivity index (χ0v) is 18.2. The van der Waals surface area contributed by atoms with Gasteiger partial charge < -0.3 is 14.7 Å². The first kappa shape index (κ1) is 20.1. The summed E-state index contributed by atoms with van der Waals surface area (Å²) in [4.78, 5) is 24.4. The number of para-hydroxylation sites is 1. The maximum absolute atomic E-state index is 14.2. The molecule has 0 aliphatic carbocycles. The quantitative estimate of drug-likeness (QED) is 0.623. The van der Waals surface area contributed by atoms with Crippen LogP contribution in [-0.2, 0) is 0 Å². The zero-order valence-electron chi connectivity index (χ0n) is 17.3. The number of hydrogen-bond acceptors (Lipinski definition) is 5. The van der Waals surface area contributed by atoms with Crippen LogP contribution in [0.15, 0.2) is 54.7 Å². The van der Waals surface area contributed by atoms with E-state index in [9.17, 15) is 9.18 Å². The van der Waals surface area contributed by atoms with Crippen LogP contribution < -0.4 is 9.80 Å². The first-order valence-electron chi connectivity index (χ1n) is 10.7. The molecule has 0 spiro atoms. The van der Waals surface area contributed by atoms with E-state index in [0.29, 0.717) is 16.5 Å². The van der Waals surface area contributed by atoms with Crippen LogP contribution in [0.25, 0.3) is 10.9 Å². The summed E-state index contributed by atoms with van der Waals surface area (Å²) in [6, 6.07) is 15.0. The van der Waals surface area contributed by atoms with Crippen molar-refractivity contribution in [3.8, 4) is 0 Å². The molecule has 0 atom stereocenters. The van der Waals surface area contributed by atoms with Crippen LogP contribution in [0.2, 0.25) is 0 Å². The van der Waals surface area contributed by atoms with Crippen molar-refractivity contribution >= 4 is 39.9 Å². The lowest BCUT2D eigenvalue weighted by atomic mass is 10.1. The minimum Gasteiger partial charge on any atom is -0.368 e. The molecule has 31 heavy (non-hydrogen) atoms. The van der Waals surface area contributed by atoms with Crippen LogP contribution in [0.4, 0.5) is 15.8 Å². The van der Waals surface area contributed by atoms with Gasteiger partial charge in [-0.1, -0.05) is 18.2 Å². The number of amides is 1. The Morgan fingerprint density at radius 3 is 2.35 bits per heavy atom. The maximum Gasteiger partial charge on any atom is 0.257 e. The van der Waals surface area contributed by atoms with E-state index in [2.05, 4.69) is 39.0 Å². The van der Waals surface area contributed by atoms with Crippen molar-refractivity contribution in [3.05, 3.63) is 66.1 Å². The van der Waals surface area contributed by atoms with Gasteiger partial charge in [0.05, 0.1) is 16.8 Å². The highest BCUT2D eigenvalue weighted by Gasteiger charge is 2.27. The van der Waals surface area contributed by atoms with Gasteiger partial charge in [-0.2, -0.15) is 11.8 Å². The zero-order chi connectivity index (χ0) is 21.2. The minimum absolute atomic E-state index is 0.000509. The molecule has 7 heteroatoms. The molecule has 160 valence electrons. The fourth-order valence-corrected chi connectivity index (χ4v) is 5.31. The molecule has 5 rings (SSSR count). The lowest BCUT2D eigenvalue weighted by Gasteiger charge is -2.39. The molecule has 2 fully saturated rings. The van der Waals surface area contributed by atoms with Gasteiger partial charge in [-0.25, -0.2) is 4.39 Å². The molecule has 2 aliphatic rings. The number of rotatable bonds is 3. The van der Waals surface area contributed by atoms with Gasteiger partial charge in [0.25, 0.3) is 5.91 Å². The molecule has 0 saturated carbocycles. The molecule has 2 saturated heterocycles. The van der Waals surface area contributed by atoms with Gasteiger partial charge in [0.15, 0.2) is 0 Å². The van der Waals surface area contributed by atoms with Crippen LogP contribution in [0, 0.1) is 5.82 Å². The highest BCUT2D eigenvalue weighted by Crippen LogP contribution is 2.33. The molecule has 3 heterocycles. The number of carbonyl (C=O) groups excluding carboxylic acids is 1. The van der Waals surface area contributed by atoms with E-state index in [1.54, 1.807) is 12.3 Å². The second kappa shape index (κ2) is 8.75. The predicted octanol–water partition coefficient (Wildman–Crippen LogP) is 3.89. The van der Waals surface area contributed by atoms with Crippen LogP contribution in [-0.4, -0.2) is 66.6 Å². The molecule has 0 radical (unpaired) electrons. The first-order chi connectivity index (χ1) is 15.2. The lowest BCUT2D eigenvalue weighted by molar-refractivity contribution is 0.0772. The van der Waals surface area contributed by atoms with E-state index in [1.807, 2.05) is 22.7 Å². The fraction of sp³-hybridized carbons (Fsp3) is 0.333. The van der Waals surface area contributed by atoms with E-state index in [1.165, 1.54) is 17.8 Å². The maximum atomic E-state index is 14.2. The van der Waals surface area contributed by atoms with Crippen molar-refractivity contribution in [1.29, 1.82) is 0 Å². The van der Waals surface area contributed by atoms with E-state index in [0.717, 1.165) is 56.5 Å². The summed E-state index contributed by atoms with van der Waals surface area (Å²) in [6.07, 6.45) is 1.68. The minimum atomic E-state index is -0.308. The van der Waals surface area contributed by atoms with E-state index < -0.39 is 0 Å². The Kier molecular flexibility index (Phi) is 5.68. The lowest BCUT2D eigenvalue weighted by Crippen LogP contribution is -2.47. The average Bonchev–Trinajstić information content (AvgIpc) is 2.84. The second-order valence-corrected chi connectivity index (χ2v) is 9.12. The van der Waals surface area contributed by atoms with Crippen molar-refractivity contribution in [1.82, 2.24) is 9.88 Å². The second-order valence-electron chi connectivity index (χ2n) is 7.90. The molecule has 1 aromatic heterocycles. The predicted molar refractivity (Wildman–Crippen MR) is 126 cm³/mol. The number of fused-ring (bicyclic) bond motifs is 1. The van der Waals surface area contributed by atoms with Crippen LogP contribution in [0.5, 0.6) is 0 Å². The number of nitrogens with zero attached hydrogens (tertiary/aromatic N) is 4. The summed E-state index contributed by atoms with van der Waals surface area (Å²) < 4.78 is 14.2. The number of benzene rings is 2. The van der Waals surface area contributed by atoms with Crippen molar-refractivity contribution in [3.63, 3.8) is 0 Å². The summed E-state index contributed by atoms with van der Waals surface area (Å²) in [7, 11) is 0. The molecule has 0 unspecified atom stereocenters. The number of aromatic nitrogens is 1. The number of hydrogen-bond donors (Lipinski definition) is 0. The molecular formula is C24H25FN4OS. The Hall–Kier alpha value is -2.80. The Balaban J connectivity index is 1.50. The standard InChI is InChI=1S/C24H25FN4OS/c25-18-6-7-22-20(16-18)23(21(17-26-22)24(30)29-12-14-31-15-13-29)28-10-8-27(9-11-28)19-4-2-1-3-5-19/h1-7,16-17H,8-15H2. The fourth-order valence-electron chi connectivity index (χ4n) is 4.41. The normalized spacial score (nSPS) is 17.3. The van der Waals surface area contributed by atoms with Gasteiger partial charge >= 0.3 is 0 Å². The van der Waals surface area contributed by atoms with Crippen molar-refractivity contribution < 1.29 is 9.18 Å². The Labute approximate surface area is 185 Å². The SMILES string of the molecule is O=C(c1cnc2ccc(F)cc2c1N1CCN(c2ccccc2)CC1)N1CCSCC1. The average molecular weight is 437 g/mol. The van der Waals surface area contributed by atoms with Gasteiger partial charge in [-0.3, -0.25) is 9.78 Å². The molecule has 0 bridgehead atoms. The molecule has 1 amide bonds. The molecule has 2 aliphatic heterocycles. The Morgan fingerprint density at radius 1 is 0.903 bits per heavy atom. The van der Waals surface area contributed by atoms with Gasteiger partial charge in [0.2, 0.25) is 0 Å². The highest BCUT2D eigenvalue weighted by atomic mass is 32.2. The third kappa shape index (κ3) is 4.06. The third-order valence-corrected chi connectivity index (χ3v) is 6.99. The van der Waals surface area contributed by atoms with Crippen molar-refractivity contribution in [2.75, 3.05) is 60.6 Å². The van der Waals surface area contributed by atoms with Gasteiger partial charge in [0.1, 0.15) is 5.82 Å². The monoisotopic (exact) mass is 436 g/mol. The van der Waals surface area contributed by atoms with Crippen LogP contribution >= 0.6 is 11.8 Å². The summed E-state index contributed by atoms with van der Waals surface area (Å²) >= 11 is 1.87. The Bertz CT molecular complexity index is 1080. The topological polar surface area (TPSA) is 39.7 Å². The number of halogens is 1. The van der Waals surface area contributed by atoms with Crippen LogP contribution in [0.1, 0.15) is 10.4 Å². The number of anilines is 2. The van der Waals surface area contributed by atoms with E-state index in [4.69, 9.17) is 0 Å². The highest BCUT2D eigenvalue weighted by molar-refractivity contribution is 7.99. The largest absolute Gasteiger partial charge is 0.368 e. The molecule has 3 aromatic rings. The summed E-state index contributed by atoms with van der Waals surface area (Å²) in [5, 5.41) is 0.713. The van der Waals surface area contributed by atoms with Gasteiger partial charge in [-0.05, 0) is 30.3 Å². The molecule has 2 aromatic carbocycles. The van der Waals surface area contributed by atoms with Gasteiger partial charge in [0, 0.05) is 68.0 Å². The number of piperazine rings is 1. The number of carbonyl (C=O) groups is 1. The summed E-state index contributed by atoms with van der Waals surface area (Å²) in [6.45, 7) is 4.70. The summed E-state index contributed by atoms with van der Waals surface area (Å²) in [5.41, 5.74) is 3.32. The molecular weight excluding hydrogens is 411 g/mol. The molecule has 5 nitrogen and oxygen atoms in total. The Morgan fingerprint density at radius 2 is 1.61 bits per heavy atom. The molecule has 0 N–H and O–H groups in total. The third-order valence-electron chi connectivity index (χ3n) is 6.05. The van der Waals surface area contributed by atoms with Crippen LogP contribution in [0.3, 0.4) is 0 Å². The first-order valence-corrected chi connectivity index (χ1v) is 11.9. The van der Waals surface area contributed by atoms with Crippen molar-refractivity contribution in [2.24, 2.45) is 0 Å².